The summed E-state index contributed by atoms with van der Waals surface area (Å²) < 4.78 is 49.1. The predicted molar refractivity (Wildman–Crippen MR) is 119 cm³/mol. The van der Waals surface area contributed by atoms with Gasteiger partial charge in [-0.15, -0.1) is 0 Å². The zero-order valence-electron chi connectivity index (χ0n) is 18.2. The molecular formula is C25H23F3N4O2. The number of amides is 1. The first-order chi connectivity index (χ1) is 16.4. The van der Waals surface area contributed by atoms with Crippen LogP contribution in [0.4, 0.5) is 18.9 Å². The lowest BCUT2D eigenvalue weighted by Gasteiger charge is -2.37. The summed E-state index contributed by atoms with van der Waals surface area (Å²) in [5.74, 6) is -3.23. The molecule has 3 N–H and O–H groups in total. The van der Waals surface area contributed by atoms with E-state index in [-0.39, 0.29) is 23.9 Å². The third kappa shape index (κ3) is 4.17. The first kappa shape index (κ1) is 22.5. The number of ether oxygens (including phenoxy) is 1. The first-order valence-electron chi connectivity index (χ1n) is 11.2. The van der Waals surface area contributed by atoms with Gasteiger partial charge in [0.2, 0.25) is 0 Å². The number of anilines is 1. The van der Waals surface area contributed by atoms with Gasteiger partial charge < -0.3 is 15.8 Å². The Kier molecular flexibility index (Phi) is 6.05. The van der Waals surface area contributed by atoms with Crippen molar-refractivity contribution in [2.45, 2.75) is 43.9 Å². The Bertz CT molecular complexity index is 1220. The molecule has 2 aliphatic rings. The molecule has 5 rings (SSSR count). The minimum atomic E-state index is -0.977. The van der Waals surface area contributed by atoms with Crippen LogP contribution in [0.15, 0.2) is 48.8 Å². The van der Waals surface area contributed by atoms with E-state index >= 15 is 0 Å². The highest BCUT2D eigenvalue weighted by Gasteiger charge is 2.40. The SMILES string of the molecule is N[C@@H]1C[C@H](c2ccncc2NC(=O)c2ccc(F)c(-c3c(F)cccc3F)n2)O[C@@H]2CCC[C@H]12. The number of aromatic nitrogens is 2. The topological polar surface area (TPSA) is 90.1 Å². The average molecular weight is 468 g/mol. The molecule has 34 heavy (non-hydrogen) atoms. The van der Waals surface area contributed by atoms with Crippen LogP contribution in [0.3, 0.4) is 0 Å². The highest BCUT2D eigenvalue weighted by molar-refractivity contribution is 6.03. The molecule has 0 unspecified atom stereocenters. The summed E-state index contributed by atoms with van der Waals surface area (Å²) in [6.45, 7) is 0. The number of carbonyl (C=O) groups is 1. The molecule has 1 saturated heterocycles. The summed E-state index contributed by atoms with van der Waals surface area (Å²) in [6.07, 6.45) is 6.58. The number of nitrogens with one attached hydrogen (secondary N) is 1. The van der Waals surface area contributed by atoms with E-state index in [0.29, 0.717) is 18.0 Å². The zero-order chi connectivity index (χ0) is 23.8. The summed E-state index contributed by atoms with van der Waals surface area (Å²) in [4.78, 5) is 21.0. The molecule has 176 valence electrons. The fourth-order valence-electron chi connectivity index (χ4n) is 4.95. The maximum Gasteiger partial charge on any atom is 0.274 e. The number of fused-ring (bicyclic) bond motifs is 1. The lowest BCUT2D eigenvalue weighted by Crippen LogP contribution is -2.43. The molecule has 2 aromatic heterocycles. The Balaban J connectivity index is 1.42. The Hall–Kier alpha value is -3.30. The molecular weight excluding hydrogens is 445 g/mol. The van der Waals surface area contributed by atoms with Crippen LogP contribution in [0.1, 0.15) is 47.8 Å². The van der Waals surface area contributed by atoms with E-state index < -0.39 is 34.6 Å². The predicted octanol–water partition coefficient (Wildman–Crippen LogP) is 4.77. The van der Waals surface area contributed by atoms with Crippen molar-refractivity contribution >= 4 is 11.6 Å². The Labute approximate surface area is 194 Å². The highest BCUT2D eigenvalue weighted by atomic mass is 19.1. The van der Waals surface area contributed by atoms with Gasteiger partial charge in [0.25, 0.3) is 5.91 Å². The van der Waals surface area contributed by atoms with Crippen molar-refractivity contribution in [1.29, 1.82) is 0 Å². The van der Waals surface area contributed by atoms with E-state index in [1.165, 1.54) is 12.3 Å². The van der Waals surface area contributed by atoms with Gasteiger partial charge in [-0.1, -0.05) is 12.5 Å². The summed E-state index contributed by atoms with van der Waals surface area (Å²) in [5.41, 5.74) is 6.13. The van der Waals surface area contributed by atoms with Gasteiger partial charge in [-0.3, -0.25) is 9.78 Å². The molecule has 0 bridgehead atoms. The molecule has 0 radical (unpaired) electrons. The van der Waals surface area contributed by atoms with E-state index in [1.807, 2.05) is 0 Å². The monoisotopic (exact) mass is 468 g/mol. The second-order valence-corrected chi connectivity index (χ2v) is 8.70. The van der Waals surface area contributed by atoms with Crippen molar-refractivity contribution in [3.8, 4) is 11.3 Å². The molecule has 1 saturated carbocycles. The van der Waals surface area contributed by atoms with Crippen LogP contribution in [0.5, 0.6) is 0 Å². The van der Waals surface area contributed by atoms with Crippen molar-refractivity contribution < 1.29 is 22.7 Å². The van der Waals surface area contributed by atoms with E-state index in [0.717, 1.165) is 49.1 Å². The second-order valence-electron chi connectivity index (χ2n) is 8.70. The van der Waals surface area contributed by atoms with Crippen LogP contribution < -0.4 is 11.1 Å². The van der Waals surface area contributed by atoms with Crippen LogP contribution in [0.25, 0.3) is 11.3 Å². The summed E-state index contributed by atoms with van der Waals surface area (Å²) in [5, 5.41) is 2.73. The van der Waals surface area contributed by atoms with Gasteiger partial charge in [0.1, 0.15) is 28.8 Å². The molecule has 6 nitrogen and oxygen atoms in total. The lowest BCUT2D eigenvalue weighted by molar-refractivity contribution is -0.0800. The number of nitrogens with zero attached hydrogens (tertiary/aromatic N) is 2. The first-order valence-corrected chi connectivity index (χ1v) is 11.2. The van der Waals surface area contributed by atoms with Crippen molar-refractivity contribution in [3.05, 3.63) is 77.5 Å². The summed E-state index contributed by atoms with van der Waals surface area (Å²) >= 11 is 0. The molecule has 1 aromatic carbocycles. The minimum Gasteiger partial charge on any atom is -0.370 e. The van der Waals surface area contributed by atoms with Gasteiger partial charge in [0.05, 0.1) is 29.7 Å². The summed E-state index contributed by atoms with van der Waals surface area (Å²) in [6, 6.07) is 7.03. The van der Waals surface area contributed by atoms with Gasteiger partial charge in [0, 0.05) is 23.7 Å². The van der Waals surface area contributed by atoms with Crippen LogP contribution in [-0.2, 0) is 4.74 Å². The number of halogens is 3. The number of nitrogens with two attached hydrogens (primary N) is 1. The Morgan fingerprint density at radius 3 is 2.65 bits per heavy atom. The molecule has 3 aromatic rings. The van der Waals surface area contributed by atoms with Crippen molar-refractivity contribution in [1.82, 2.24) is 9.97 Å². The quantitative estimate of drug-likeness (QED) is 0.576. The Morgan fingerprint density at radius 1 is 1.06 bits per heavy atom. The number of rotatable bonds is 4. The summed E-state index contributed by atoms with van der Waals surface area (Å²) in [7, 11) is 0. The van der Waals surface area contributed by atoms with Crippen molar-refractivity contribution in [2.24, 2.45) is 11.7 Å². The largest absolute Gasteiger partial charge is 0.370 e. The van der Waals surface area contributed by atoms with E-state index in [4.69, 9.17) is 10.5 Å². The molecule has 3 heterocycles. The maximum absolute atomic E-state index is 14.4. The highest BCUT2D eigenvalue weighted by Crippen LogP contribution is 2.43. The molecule has 2 fully saturated rings. The van der Waals surface area contributed by atoms with Gasteiger partial charge >= 0.3 is 0 Å². The number of pyridine rings is 2. The van der Waals surface area contributed by atoms with Crippen LogP contribution in [-0.4, -0.2) is 28.0 Å². The molecule has 4 atom stereocenters. The van der Waals surface area contributed by atoms with Crippen molar-refractivity contribution in [3.63, 3.8) is 0 Å². The standard InChI is InChI=1S/C25H23F3N4O2/c26-15-4-2-5-16(27)23(15)24-17(28)7-8-19(31-24)25(33)32-20-12-30-10-9-14(20)22-11-18(29)13-3-1-6-21(13)34-22/h2,4-5,7-10,12-13,18,21-22H,1,3,6,11,29H2,(H,32,33)/t13-,18-,21-,22-/m1/s1. The molecule has 0 spiro atoms. The fraction of sp³-hybridized carbons (Fsp3) is 0.320. The van der Waals surface area contributed by atoms with Crippen molar-refractivity contribution in [2.75, 3.05) is 5.32 Å². The Morgan fingerprint density at radius 2 is 1.85 bits per heavy atom. The van der Waals surface area contributed by atoms with Crippen LogP contribution in [0, 0.1) is 23.4 Å². The van der Waals surface area contributed by atoms with Gasteiger partial charge in [-0.05, 0) is 49.6 Å². The number of benzene rings is 1. The van der Waals surface area contributed by atoms with E-state index in [1.54, 1.807) is 12.3 Å². The van der Waals surface area contributed by atoms with E-state index in [2.05, 4.69) is 15.3 Å². The number of hydrogen-bond acceptors (Lipinski definition) is 5. The third-order valence-electron chi connectivity index (χ3n) is 6.61. The van der Waals surface area contributed by atoms with Crippen LogP contribution >= 0.6 is 0 Å². The lowest BCUT2D eigenvalue weighted by atomic mass is 9.87. The van der Waals surface area contributed by atoms with E-state index in [9.17, 15) is 18.0 Å². The molecule has 1 aliphatic carbocycles. The second kappa shape index (κ2) is 9.15. The number of carbonyl (C=O) groups excluding carboxylic acids is 1. The average Bonchev–Trinajstić information content (AvgIpc) is 3.30. The van der Waals surface area contributed by atoms with Gasteiger partial charge in [0.15, 0.2) is 0 Å². The molecule has 1 aliphatic heterocycles. The molecule has 1 amide bonds. The fourth-order valence-corrected chi connectivity index (χ4v) is 4.95. The normalized spacial score (nSPS) is 24.0. The smallest absolute Gasteiger partial charge is 0.274 e. The molecule has 9 heteroatoms. The third-order valence-corrected chi connectivity index (χ3v) is 6.61. The number of hydrogen-bond donors (Lipinski definition) is 2. The van der Waals surface area contributed by atoms with Gasteiger partial charge in [-0.2, -0.15) is 0 Å². The maximum atomic E-state index is 14.4. The van der Waals surface area contributed by atoms with Crippen LogP contribution in [0.2, 0.25) is 0 Å². The zero-order valence-corrected chi connectivity index (χ0v) is 18.2. The van der Waals surface area contributed by atoms with Gasteiger partial charge in [-0.25, -0.2) is 18.2 Å². The minimum absolute atomic E-state index is 0.0000411.